The van der Waals surface area contributed by atoms with Gasteiger partial charge in [0.2, 0.25) is 0 Å². The average molecular weight is 1120 g/mol. The first-order valence-corrected chi connectivity index (χ1v) is 28.1. The van der Waals surface area contributed by atoms with Crippen molar-refractivity contribution in [3.63, 3.8) is 0 Å². The third-order valence-electron chi connectivity index (χ3n) is 14.3. The number of amides is 1. The summed E-state index contributed by atoms with van der Waals surface area (Å²) in [7, 11) is 1.44. The Kier molecular flexibility index (Phi) is 21.0. The summed E-state index contributed by atoms with van der Waals surface area (Å²) >= 11 is 0. The van der Waals surface area contributed by atoms with E-state index in [1.165, 1.54) is 16.8 Å². The number of benzene rings is 4. The summed E-state index contributed by atoms with van der Waals surface area (Å²) in [6.07, 6.45) is 1.17. The summed E-state index contributed by atoms with van der Waals surface area (Å²) in [6.45, 7) is 16.2. The maximum absolute atomic E-state index is 14.4. The van der Waals surface area contributed by atoms with Crippen LogP contribution in [0, 0.1) is 21.4 Å². The predicted octanol–water partition coefficient (Wildman–Crippen LogP) is 10.1. The number of nitro groups is 1. The van der Waals surface area contributed by atoms with Gasteiger partial charge in [-0.1, -0.05) is 66.7 Å². The number of nitrogens with zero attached hydrogens (tertiary/aromatic N) is 5. The van der Waals surface area contributed by atoms with Crippen LogP contribution in [0.3, 0.4) is 0 Å². The summed E-state index contributed by atoms with van der Waals surface area (Å²) < 4.78 is 48.3. The van der Waals surface area contributed by atoms with E-state index in [9.17, 15) is 29.8 Å². The number of rotatable bonds is 27. The Labute approximate surface area is 469 Å². The molecule has 2 fully saturated rings. The van der Waals surface area contributed by atoms with Crippen LogP contribution in [-0.2, 0) is 40.3 Å². The number of methoxy groups -OCH3 is 2. The summed E-state index contributed by atoms with van der Waals surface area (Å²) in [6, 6.07) is 33.3. The SMILES string of the molecule is COc1ccc(C(OCC2OC(n3cc(C(=O)NC4CC(C)(C)N(OCOCc5ccccc5[N+](=O)[O-])C(C)(C)C4)c(=O)[nH]c3=O)CC2OP(OCCCCC#N)N(C(C)C)C(C)C)(c2ccccc2)c2ccc(OC)cc2)cc1. The van der Waals surface area contributed by atoms with Crippen LogP contribution in [-0.4, -0.2) is 106 Å². The number of H-pyrrole nitrogens is 1. The fourth-order valence-electron chi connectivity index (χ4n) is 11.0. The second-order valence-electron chi connectivity index (χ2n) is 21.8. The van der Waals surface area contributed by atoms with E-state index in [4.69, 9.17) is 37.6 Å². The highest BCUT2D eigenvalue weighted by Crippen LogP contribution is 2.51. The van der Waals surface area contributed by atoms with E-state index in [2.05, 4.69) is 48.7 Å². The van der Waals surface area contributed by atoms with Gasteiger partial charge < -0.3 is 38.0 Å². The fourth-order valence-corrected chi connectivity index (χ4v) is 12.8. The van der Waals surface area contributed by atoms with Gasteiger partial charge in [-0.2, -0.15) is 10.3 Å². The van der Waals surface area contributed by atoms with E-state index in [-0.39, 0.29) is 49.8 Å². The number of aromatic nitrogens is 2. The van der Waals surface area contributed by atoms with Crippen molar-refractivity contribution in [2.75, 3.05) is 34.2 Å². The minimum Gasteiger partial charge on any atom is -0.497 e. The Balaban J connectivity index is 1.18. The largest absolute Gasteiger partial charge is 0.497 e. The zero-order valence-corrected chi connectivity index (χ0v) is 48.3. The first kappa shape index (κ1) is 61.3. The number of para-hydroxylation sites is 1. The minimum absolute atomic E-state index is 0.00482. The molecule has 5 aromatic rings. The Bertz CT molecular complexity index is 2930. The van der Waals surface area contributed by atoms with Gasteiger partial charge in [0.25, 0.3) is 25.7 Å². The lowest BCUT2D eigenvalue weighted by atomic mass is 9.79. The molecule has 21 heteroatoms. The number of hydroxylamine groups is 2. The molecule has 0 spiro atoms. The van der Waals surface area contributed by atoms with Crippen LogP contribution in [0.25, 0.3) is 0 Å². The molecule has 80 heavy (non-hydrogen) atoms. The quantitative estimate of drug-likeness (QED) is 0.0124. The smallest absolute Gasteiger partial charge is 0.330 e. The summed E-state index contributed by atoms with van der Waals surface area (Å²) in [5, 5.41) is 25.7. The van der Waals surface area contributed by atoms with Crippen molar-refractivity contribution in [3.05, 3.63) is 168 Å². The number of aromatic amines is 1. The molecule has 7 rings (SSSR count). The van der Waals surface area contributed by atoms with Crippen molar-refractivity contribution < 1.29 is 47.3 Å². The zero-order chi connectivity index (χ0) is 57.8. The minimum atomic E-state index is -1.77. The number of unbranched alkanes of at least 4 members (excludes halogenated alkanes) is 2. The molecule has 0 bridgehead atoms. The van der Waals surface area contributed by atoms with Gasteiger partial charge in [-0.15, -0.1) is 0 Å². The second kappa shape index (κ2) is 27.4. The standard InChI is InChI=1S/C59H76N7O13P/c1-40(2)64(41(3)4)80(77-32-18-12-17-31-60)79-51-33-53(78-52(51)38-75-59(43-20-13-11-14-21-43,44-23-27-47(72-9)28-24-44)45-25-29-48(73-10)30-26-45)63-36-49(55(68)62-56(63)69)54(67)61-46-34-57(5,6)66(58(7,8)35-46)76-39-74-37-42-19-15-16-22-50(42)65(70)71/h11,13-16,19-30,36,40-41,46,51-53H,12,17-18,32-35,37-39H2,1-10H3,(H,61,67)(H,62,68,69). The first-order valence-electron chi connectivity index (χ1n) is 27.0. The topological polar surface area (TPSA) is 231 Å². The van der Waals surface area contributed by atoms with Crippen molar-refractivity contribution in [2.24, 2.45) is 0 Å². The molecule has 2 saturated heterocycles. The third kappa shape index (κ3) is 14.6. The van der Waals surface area contributed by atoms with Crippen LogP contribution in [0.1, 0.15) is 133 Å². The van der Waals surface area contributed by atoms with E-state index < -0.39 is 71.8 Å². The van der Waals surface area contributed by atoms with Crippen molar-refractivity contribution in [2.45, 2.75) is 154 Å². The molecule has 2 aliphatic heterocycles. The maximum atomic E-state index is 14.4. The van der Waals surface area contributed by atoms with Gasteiger partial charge in [0.1, 0.15) is 35.0 Å². The lowest BCUT2D eigenvalue weighted by Crippen LogP contribution is -2.64. The number of hydrogen-bond acceptors (Lipinski definition) is 16. The fraction of sp³-hybridized carbons (Fsp3) is 0.492. The second-order valence-corrected chi connectivity index (χ2v) is 23.2. The van der Waals surface area contributed by atoms with E-state index >= 15 is 0 Å². The first-order chi connectivity index (χ1) is 38.2. The number of ether oxygens (including phenoxy) is 5. The number of piperidine rings is 1. The van der Waals surface area contributed by atoms with Crippen LogP contribution in [0.5, 0.6) is 11.5 Å². The average Bonchev–Trinajstić information content (AvgIpc) is 3.86. The van der Waals surface area contributed by atoms with Gasteiger partial charge in [0, 0.05) is 54.3 Å². The number of nitro benzene ring substituents is 1. The molecule has 0 saturated carbocycles. The number of nitriles is 1. The van der Waals surface area contributed by atoms with Crippen molar-refractivity contribution in [3.8, 4) is 17.6 Å². The van der Waals surface area contributed by atoms with Crippen LogP contribution < -0.4 is 26.0 Å². The Morgan fingerprint density at radius 2 is 1.48 bits per heavy atom. The summed E-state index contributed by atoms with van der Waals surface area (Å²) in [4.78, 5) is 61.8. The van der Waals surface area contributed by atoms with Crippen LogP contribution >= 0.6 is 8.53 Å². The van der Waals surface area contributed by atoms with E-state index in [1.807, 2.05) is 112 Å². The summed E-state index contributed by atoms with van der Waals surface area (Å²) in [5.41, 5.74) is -1.77. The Morgan fingerprint density at radius 1 is 0.887 bits per heavy atom. The molecule has 0 radical (unpaired) electrons. The molecule has 4 aromatic carbocycles. The molecule has 2 aliphatic rings. The van der Waals surface area contributed by atoms with Crippen molar-refractivity contribution in [1.82, 2.24) is 24.6 Å². The number of nitrogens with one attached hydrogen (secondary N) is 2. The molecule has 3 heterocycles. The predicted molar refractivity (Wildman–Crippen MR) is 302 cm³/mol. The highest BCUT2D eigenvalue weighted by Gasteiger charge is 2.48. The van der Waals surface area contributed by atoms with Crippen LogP contribution in [0.4, 0.5) is 5.69 Å². The van der Waals surface area contributed by atoms with Crippen molar-refractivity contribution in [1.29, 1.82) is 5.26 Å². The van der Waals surface area contributed by atoms with E-state index in [0.717, 1.165) is 16.7 Å². The third-order valence-corrected chi connectivity index (χ3v) is 16.5. The highest BCUT2D eigenvalue weighted by molar-refractivity contribution is 7.44. The van der Waals surface area contributed by atoms with Gasteiger partial charge >= 0.3 is 5.69 Å². The van der Waals surface area contributed by atoms with Gasteiger partial charge in [-0.25, -0.2) is 9.46 Å². The molecule has 4 unspecified atom stereocenters. The van der Waals surface area contributed by atoms with E-state index in [0.29, 0.717) is 55.8 Å². The molecule has 2 N–H and O–H groups in total. The lowest BCUT2D eigenvalue weighted by Gasteiger charge is -2.53. The molecule has 1 aromatic heterocycles. The van der Waals surface area contributed by atoms with Gasteiger partial charge in [0.05, 0.1) is 56.7 Å². The highest BCUT2D eigenvalue weighted by atomic mass is 31.2. The van der Waals surface area contributed by atoms with Gasteiger partial charge in [-0.3, -0.25) is 34.1 Å². The normalized spacial score (nSPS) is 18.8. The molecular weight excluding hydrogens is 1050 g/mol. The Hall–Kier alpha value is -6.37. The molecule has 20 nitrogen and oxygen atoms in total. The molecule has 0 aliphatic carbocycles. The number of carbonyl (C=O) groups is 1. The molecular formula is C59H76N7O13P. The molecule has 1 amide bonds. The maximum Gasteiger partial charge on any atom is 0.330 e. The van der Waals surface area contributed by atoms with Crippen molar-refractivity contribution >= 4 is 20.1 Å². The van der Waals surface area contributed by atoms with Gasteiger partial charge in [-0.05, 0) is 128 Å². The van der Waals surface area contributed by atoms with Crippen LogP contribution in [0.2, 0.25) is 0 Å². The molecule has 4 atom stereocenters. The van der Waals surface area contributed by atoms with E-state index in [1.54, 1.807) is 32.4 Å². The molecule has 430 valence electrons. The summed E-state index contributed by atoms with van der Waals surface area (Å²) in [5.74, 6) is 0.627. The lowest BCUT2D eigenvalue weighted by molar-refractivity contribution is -0.386. The number of carbonyl (C=O) groups excluding carboxylic acids is 1. The Morgan fingerprint density at radius 3 is 2.05 bits per heavy atom. The monoisotopic (exact) mass is 1120 g/mol. The van der Waals surface area contributed by atoms with Crippen LogP contribution in [0.15, 0.2) is 119 Å². The zero-order valence-electron chi connectivity index (χ0n) is 47.4. The number of hydrogen-bond donors (Lipinski definition) is 2. The van der Waals surface area contributed by atoms with Gasteiger partial charge in [0.15, 0.2) is 6.79 Å².